The molecule has 0 nitrogen and oxygen atoms in total. The fraction of sp³-hybridized carbons (Fsp3) is 0.125. The van der Waals surface area contributed by atoms with Crippen LogP contribution in [0.15, 0.2) is 50.7 Å². The molecule has 3 aromatic rings. The monoisotopic (exact) mass is 472 g/mol. The predicted molar refractivity (Wildman–Crippen MR) is 99.2 cm³/mol. The minimum absolute atomic E-state index is 0.194. The van der Waals surface area contributed by atoms with Crippen LogP contribution in [0, 0.1) is 6.92 Å². The second-order valence-electron chi connectivity index (χ2n) is 4.70. The molecule has 102 valence electrons. The fourth-order valence-corrected chi connectivity index (χ4v) is 5.63. The van der Waals surface area contributed by atoms with Crippen molar-refractivity contribution in [3.8, 4) is 0 Å². The van der Waals surface area contributed by atoms with E-state index < -0.39 is 0 Å². The second kappa shape index (κ2) is 5.91. The molecule has 0 N–H and O–H groups in total. The first kappa shape index (κ1) is 14.8. The number of hydrogen-bond acceptors (Lipinski definition) is 1. The Hall–Kier alpha value is -0.160. The van der Waals surface area contributed by atoms with Crippen LogP contribution in [-0.4, -0.2) is 0 Å². The van der Waals surface area contributed by atoms with E-state index in [4.69, 9.17) is 0 Å². The van der Waals surface area contributed by atoms with Gasteiger partial charge in [-0.3, -0.25) is 0 Å². The van der Waals surface area contributed by atoms with E-state index in [0.29, 0.717) is 0 Å². The Labute approximate surface area is 147 Å². The van der Waals surface area contributed by atoms with Gasteiger partial charge < -0.3 is 0 Å². The molecule has 3 rings (SSSR count). The quantitative estimate of drug-likeness (QED) is 0.344. The molecule has 0 fully saturated rings. The van der Waals surface area contributed by atoms with E-state index >= 15 is 0 Å². The van der Waals surface area contributed by atoms with Gasteiger partial charge in [0.15, 0.2) is 0 Å². The number of benzene rings is 2. The standard InChI is InChI=1S/C16H11Br3S/c1-9-5-6-13(17)11(7-9)15(19)12-8-20-16-10(12)3-2-4-14(16)18/h2-8,15H,1H3. The van der Waals surface area contributed by atoms with Crippen LogP contribution in [0.5, 0.6) is 0 Å². The first-order valence-corrected chi connectivity index (χ1v) is 9.52. The van der Waals surface area contributed by atoms with Gasteiger partial charge in [0.05, 0.1) is 4.83 Å². The van der Waals surface area contributed by atoms with Gasteiger partial charge >= 0.3 is 0 Å². The summed E-state index contributed by atoms with van der Waals surface area (Å²) in [5.41, 5.74) is 3.86. The molecule has 0 aliphatic carbocycles. The predicted octanol–water partition coefficient (Wildman–Crippen LogP) is 7.22. The summed E-state index contributed by atoms with van der Waals surface area (Å²) in [6.45, 7) is 2.12. The van der Waals surface area contributed by atoms with Gasteiger partial charge in [-0.2, -0.15) is 0 Å². The lowest BCUT2D eigenvalue weighted by atomic mass is 10.0. The maximum Gasteiger partial charge on any atom is 0.0669 e. The molecule has 20 heavy (non-hydrogen) atoms. The van der Waals surface area contributed by atoms with E-state index in [1.54, 1.807) is 11.3 Å². The van der Waals surface area contributed by atoms with E-state index in [0.717, 1.165) is 8.95 Å². The van der Waals surface area contributed by atoms with Crippen LogP contribution >= 0.6 is 59.1 Å². The summed E-state index contributed by atoms with van der Waals surface area (Å²) in [6.07, 6.45) is 0. The van der Waals surface area contributed by atoms with Crippen LogP contribution in [0.3, 0.4) is 0 Å². The first-order valence-electron chi connectivity index (χ1n) is 6.13. The van der Waals surface area contributed by atoms with Crippen molar-refractivity contribution in [3.05, 3.63) is 67.4 Å². The van der Waals surface area contributed by atoms with Crippen molar-refractivity contribution < 1.29 is 0 Å². The zero-order chi connectivity index (χ0) is 14.3. The summed E-state index contributed by atoms with van der Waals surface area (Å²) in [5.74, 6) is 0. The van der Waals surface area contributed by atoms with Crippen molar-refractivity contribution >= 4 is 69.2 Å². The number of aryl methyl sites for hydroxylation is 1. The molecule has 4 heteroatoms. The second-order valence-corrected chi connectivity index (χ2v) is 8.20. The summed E-state index contributed by atoms with van der Waals surface area (Å²) in [4.78, 5) is 0.194. The van der Waals surface area contributed by atoms with Gasteiger partial charge in [0.2, 0.25) is 0 Å². The summed E-state index contributed by atoms with van der Waals surface area (Å²) < 4.78 is 3.60. The van der Waals surface area contributed by atoms with Gasteiger partial charge in [0, 0.05) is 13.6 Å². The smallest absolute Gasteiger partial charge is 0.0669 e. The molecule has 0 saturated heterocycles. The number of rotatable bonds is 2. The first-order chi connectivity index (χ1) is 9.58. The molecule has 0 amide bonds. The maximum atomic E-state index is 3.87. The van der Waals surface area contributed by atoms with E-state index in [1.165, 1.54) is 26.8 Å². The SMILES string of the molecule is Cc1ccc(Br)c(C(Br)c2csc3c(Br)cccc23)c1. The van der Waals surface area contributed by atoms with Crippen molar-refractivity contribution in [1.82, 2.24) is 0 Å². The highest BCUT2D eigenvalue weighted by Gasteiger charge is 2.18. The van der Waals surface area contributed by atoms with Crippen LogP contribution in [0.25, 0.3) is 10.1 Å². The molecule has 1 unspecified atom stereocenters. The van der Waals surface area contributed by atoms with E-state index in [2.05, 4.69) is 96.5 Å². The molecule has 0 radical (unpaired) electrons. The van der Waals surface area contributed by atoms with Gasteiger partial charge in [-0.05, 0) is 56.9 Å². The van der Waals surface area contributed by atoms with Gasteiger partial charge in [0.25, 0.3) is 0 Å². The molecular formula is C16H11Br3S. The third-order valence-electron chi connectivity index (χ3n) is 3.28. The highest BCUT2D eigenvalue weighted by molar-refractivity contribution is 9.11. The van der Waals surface area contributed by atoms with Crippen molar-refractivity contribution in [1.29, 1.82) is 0 Å². The Morgan fingerprint density at radius 1 is 1.00 bits per heavy atom. The molecule has 1 atom stereocenters. The van der Waals surface area contributed by atoms with Crippen molar-refractivity contribution in [2.24, 2.45) is 0 Å². The van der Waals surface area contributed by atoms with Gasteiger partial charge in [0.1, 0.15) is 0 Å². The van der Waals surface area contributed by atoms with Gasteiger partial charge in [-0.1, -0.05) is 61.7 Å². The summed E-state index contributed by atoms with van der Waals surface area (Å²) >= 11 is 12.9. The number of hydrogen-bond donors (Lipinski definition) is 0. The normalized spacial score (nSPS) is 12.8. The minimum atomic E-state index is 0.194. The Morgan fingerprint density at radius 3 is 2.60 bits per heavy atom. The molecule has 0 spiro atoms. The maximum absolute atomic E-state index is 3.87. The summed E-state index contributed by atoms with van der Waals surface area (Å²) in [5, 5.41) is 3.54. The largest absolute Gasteiger partial charge is 0.142 e. The van der Waals surface area contributed by atoms with E-state index in [1.807, 2.05) is 0 Å². The van der Waals surface area contributed by atoms with Crippen molar-refractivity contribution in [3.63, 3.8) is 0 Å². The Kier molecular flexibility index (Phi) is 4.37. The van der Waals surface area contributed by atoms with E-state index in [9.17, 15) is 0 Å². The Bertz CT molecular complexity index is 776. The van der Waals surface area contributed by atoms with E-state index in [-0.39, 0.29) is 4.83 Å². The lowest BCUT2D eigenvalue weighted by molar-refractivity contribution is 1.18. The third kappa shape index (κ3) is 2.63. The average molecular weight is 475 g/mol. The van der Waals surface area contributed by atoms with Crippen LogP contribution < -0.4 is 0 Å². The zero-order valence-electron chi connectivity index (χ0n) is 10.7. The molecule has 0 aliphatic rings. The number of alkyl halides is 1. The summed E-state index contributed by atoms with van der Waals surface area (Å²) in [6, 6.07) is 12.8. The van der Waals surface area contributed by atoms with Crippen LogP contribution in [0.1, 0.15) is 21.5 Å². The van der Waals surface area contributed by atoms with Gasteiger partial charge in [-0.15, -0.1) is 11.3 Å². The molecule has 2 aromatic carbocycles. The minimum Gasteiger partial charge on any atom is -0.142 e. The van der Waals surface area contributed by atoms with Crippen LogP contribution in [0.4, 0.5) is 0 Å². The number of thiophene rings is 1. The molecular weight excluding hydrogens is 464 g/mol. The highest BCUT2D eigenvalue weighted by Crippen LogP contribution is 2.42. The van der Waals surface area contributed by atoms with Crippen molar-refractivity contribution in [2.45, 2.75) is 11.8 Å². The highest BCUT2D eigenvalue weighted by atomic mass is 79.9. The topological polar surface area (TPSA) is 0 Å². The average Bonchev–Trinajstić information content (AvgIpc) is 2.86. The fourth-order valence-electron chi connectivity index (χ4n) is 2.26. The molecule has 1 aromatic heterocycles. The lowest BCUT2D eigenvalue weighted by Crippen LogP contribution is -1.94. The third-order valence-corrected chi connectivity index (χ3v) is 6.96. The molecule has 1 heterocycles. The molecule has 0 saturated carbocycles. The van der Waals surface area contributed by atoms with Crippen LogP contribution in [0.2, 0.25) is 0 Å². The lowest BCUT2D eigenvalue weighted by Gasteiger charge is -2.13. The van der Waals surface area contributed by atoms with Crippen LogP contribution in [-0.2, 0) is 0 Å². The van der Waals surface area contributed by atoms with Crippen molar-refractivity contribution in [2.75, 3.05) is 0 Å². The number of halogens is 3. The zero-order valence-corrected chi connectivity index (χ0v) is 16.2. The Morgan fingerprint density at radius 2 is 1.80 bits per heavy atom. The Balaban J connectivity index is 2.15. The van der Waals surface area contributed by atoms with Gasteiger partial charge in [-0.25, -0.2) is 0 Å². The summed E-state index contributed by atoms with van der Waals surface area (Å²) in [7, 11) is 0. The molecule has 0 aliphatic heterocycles. The molecule has 0 bridgehead atoms. The number of fused-ring (bicyclic) bond motifs is 1.